The molecule has 194 valence electrons. The second kappa shape index (κ2) is 11.9. The highest BCUT2D eigenvalue weighted by Gasteiger charge is 2.54. The van der Waals surface area contributed by atoms with Gasteiger partial charge in [0.05, 0.1) is 7.11 Å². The summed E-state index contributed by atoms with van der Waals surface area (Å²) < 4.78 is 29.9. The van der Waals surface area contributed by atoms with Crippen molar-refractivity contribution in [2.75, 3.05) is 13.7 Å². The highest BCUT2D eigenvalue weighted by atomic mass is 35.6. The van der Waals surface area contributed by atoms with Crippen molar-refractivity contribution in [1.29, 1.82) is 0 Å². The Morgan fingerprint density at radius 1 is 1.00 bits per heavy atom. The largest absolute Gasteiger partial charge is 0.481 e. The summed E-state index contributed by atoms with van der Waals surface area (Å²) in [5.74, 6) is -3.87. The van der Waals surface area contributed by atoms with Gasteiger partial charge in [0.15, 0.2) is 24.5 Å². The Morgan fingerprint density at radius 2 is 1.60 bits per heavy atom. The Labute approximate surface area is 213 Å². The maximum Gasteiger partial charge on any atom is 0.359 e. The molecule has 1 aliphatic heterocycles. The maximum absolute atomic E-state index is 12.7. The minimum absolute atomic E-state index is 0.0392. The molecule has 0 saturated carbocycles. The zero-order valence-electron chi connectivity index (χ0n) is 18.8. The molecule has 0 spiro atoms. The molecule has 35 heavy (non-hydrogen) atoms. The Morgan fingerprint density at radius 3 is 2.09 bits per heavy atom. The van der Waals surface area contributed by atoms with E-state index in [0.29, 0.717) is 0 Å². The summed E-state index contributed by atoms with van der Waals surface area (Å²) in [5.41, 5.74) is -0.928. The van der Waals surface area contributed by atoms with E-state index in [0.717, 1.165) is 25.3 Å². The number of carbonyl (C=O) groups is 4. The summed E-state index contributed by atoms with van der Waals surface area (Å²) in [7, 11) is 1.28. The monoisotopic (exact) mass is 558 g/mol. The van der Waals surface area contributed by atoms with Gasteiger partial charge >= 0.3 is 29.6 Å². The molecule has 0 aromatic carbocycles. The van der Waals surface area contributed by atoms with Crippen molar-refractivity contribution in [1.82, 2.24) is 9.55 Å². The standard InChI is InChI=1S/C19H21Cl3N2O11/c1-8(25)31-7-11-13(32-9(2)26)14(33-10(3)27)15(35-17(28)19(20,21)22)16(34-11)24-6-5-12(30-4)23-18(24)29/h5-6,11,13-16H,7H2,1-4H3/t11-,13-,14+,15+,16-/m1/s1. The molecule has 0 aliphatic carbocycles. The Bertz CT molecular complexity index is 1030. The lowest BCUT2D eigenvalue weighted by Crippen LogP contribution is -2.61. The summed E-state index contributed by atoms with van der Waals surface area (Å²) in [6, 6.07) is 1.29. The second-order valence-corrected chi connectivity index (χ2v) is 9.32. The van der Waals surface area contributed by atoms with Crippen molar-refractivity contribution in [2.24, 2.45) is 0 Å². The SMILES string of the molecule is COc1ccn([C@@H]2O[C@H](COC(C)=O)[C@@H](OC(C)=O)[C@H](OC(C)=O)[C@@H]2OC(=O)C(Cl)(Cl)Cl)c(=O)n1. The smallest absolute Gasteiger partial charge is 0.359 e. The quantitative estimate of drug-likeness (QED) is 0.264. The third-order valence-corrected chi connectivity index (χ3v) is 4.89. The number of halogens is 3. The molecule has 1 aromatic rings. The van der Waals surface area contributed by atoms with Crippen molar-refractivity contribution in [3.63, 3.8) is 0 Å². The van der Waals surface area contributed by atoms with Crippen molar-refractivity contribution in [3.05, 3.63) is 22.7 Å². The summed E-state index contributed by atoms with van der Waals surface area (Å²) in [6.45, 7) is 2.71. The number of rotatable bonds is 7. The number of alkyl halides is 3. The molecule has 0 unspecified atom stereocenters. The van der Waals surface area contributed by atoms with Gasteiger partial charge in [0.1, 0.15) is 12.7 Å². The second-order valence-electron chi connectivity index (χ2n) is 7.04. The van der Waals surface area contributed by atoms with Crippen molar-refractivity contribution in [3.8, 4) is 5.88 Å². The topological polar surface area (TPSA) is 159 Å². The number of ether oxygens (including phenoxy) is 6. The zero-order valence-corrected chi connectivity index (χ0v) is 21.0. The van der Waals surface area contributed by atoms with Gasteiger partial charge in [0.2, 0.25) is 5.88 Å². The van der Waals surface area contributed by atoms with Crippen LogP contribution in [-0.2, 0) is 42.9 Å². The van der Waals surface area contributed by atoms with E-state index in [1.54, 1.807) is 0 Å². The van der Waals surface area contributed by atoms with E-state index in [2.05, 4.69) is 4.98 Å². The molecule has 1 aliphatic rings. The third kappa shape index (κ3) is 7.69. The van der Waals surface area contributed by atoms with Gasteiger partial charge in [-0.1, -0.05) is 34.8 Å². The summed E-state index contributed by atoms with van der Waals surface area (Å²) in [4.78, 5) is 64.0. The van der Waals surface area contributed by atoms with Gasteiger partial charge in [-0.3, -0.25) is 19.0 Å². The molecule has 2 heterocycles. The van der Waals surface area contributed by atoms with Gasteiger partial charge in [0, 0.05) is 33.0 Å². The molecule has 16 heteroatoms. The van der Waals surface area contributed by atoms with Crippen LogP contribution in [0.2, 0.25) is 0 Å². The number of esters is 4. The van der Waals surface area contributed by atoms with E-state index in [1.807, 2.05) is 0 Å². The van der Waals surface area contributed by atoms with Crippen LogP contribution < -0.4 is 10.4 Å². The van der Waals surface area contributed by atoms with Gasteiger partial charge in [-0.2, -0.15) is 4.98 Å². The first-order valence-electron chi connectivity index (χ1n) is 9.78. The van der Waals surface area contributed by atoms with Gasteiger partial charge in [0.25, 0.3) is 3.79 Å². The lowest BCUT2D eigenvalue weighted by molar-refractivity contribution is -0.269. The van der Waals surface area contributed by atoms with Gasteiger partial charge in [-0.15, -0.1) is 0 Å². The molecular weight excluding hydrogens is 539 g/mol. The van der Waals surface area contributed by atoms with Crippen LogP contribution in [0, 0.1) is 0 Å². The molecule has 0 amide bonds. The van der Waals surface area contributed by atoms with E-state index in [1.165, 1.54) is 19.4 Å². The molecule has 0 bridgehead atoms. The first-order chi connectivity index (χ1) is 16.2. The van der Waals surface area contributed by atoms with Crippen LogP contribution in [0.3, 0.4) is 0 Å². The molecule has 0 radical (unpaired) electrons. The van der Waals surface area contributed by atoms with Crippen LogP contribution in [0.1, 0.15) is 27.0 Å². The lowest BCUT2D eigenvalue weighted by Gasteiger charge is -2.44. The highest BCUT2D eigenvalue weighted by molar-refractivity contribution is 6.75. The van der Waals surface area contributed by atoms with Crippen LogP contribution in [0.5, 0.6) is 5.88 Å². The molecule has 13 nitrogen and oxygen atoms in total. The normalized spacial score (nSPS) is 24.1. The van der Waals surface area contributed by atoms with Crippen molar-refractivity contribution in [2.45, 2.75) is 55.2 Å². The summed E-state index contributed by atoms with van der Waals surface area (Å²) in [5, 5.41) is 0. The Balaban J connectivity index is 2.66. The predicted molar refractivity (Wildman–Crippen MR) is 117 cm³/mol. The Hall–Kier alpha value is -2.61. The molecular formula is C19H21Cl3N2O11. The number of hydrogen-bond donors (Lipinski definition) is 0. The zero-order chi connectivity index (χ0) is 26.5. The first kappa shape index (κ1) is 28.6. The number of nitrogens with zero attached hydrogens (tertiary/aromatic N) is 2. The number of aromatic nitrogens is 2. The first-order valence-corrected chi connectivity index (χ1v) is 10.9. The van der Waals surface area contributed by atoms with E-state index >= 15 is 0 Å². The van der Waals surface area contributed by atoms with Gasteiger partial charge < -0.3 is 28.4 Å². The fourth-order valence-electron chi connectivity index (χ4n) is 3.13. The van der Waals surface area contributed by atoms with E-state index in [4.69, 9.17) is 63.2 Å². The lowest BCUT2D eigenvalue weighted by atomic mass is 9.97. The average Bonchev–Trinajstić information content (AvgIpc) is 2.73. The van der Waals surface area contributed by atoms with Crippen molar-refractivity contribution < 1.29 is 47.6 Å². The minimum atomic E-state index is -2.57. The van der Waals surface area contributed by atoms with E-state index < -0.39 is 70.6 Å². The summed E-state index contributed by atoms with van der Waals surface area (Å²) in [6.07, 6.45) is -6.45. The molecule has 1 saturated heterocycles. The highest BCUT2D eigenvalue weighted by Crippen LogP contribution is 2.36. The average molecular weight is 560 g/mol. The van der Waals surface area contributed by atoms with Gasteiger partial charge in [-0.05, 0) is 0 Å². The molecule has 2 rings (SSSR count). The molecule has 5 atom stereocenters. The van der Waals surface area contributed by atoms with Crippen LogP contribution >= 0.6 is 34.8 Å². The third-order valence-electron chi connectivity index (χ3n) is 4.43. The summed E-state index contributed by atoms with van der Waals surface area (Å²) >= 11 is 16.9. The van der Waals surface area contributed by atoms with Crippen LogP contribution in [0.4, 0.5) is 0 Å². The van der Waals surface area contributed by atoms with Crippen LogP contribution in [-0.4, -0.2) is 75.4 Å². The predicted octanol–water partition coefficient (Wildman–Crippen LogP) is 0.858. The molecule has 0 N–H and O–H groups in total. The maximum atomic E-state index is 12.7. The minimum Gasteiger partial charge on any atom is -0.481 e. The van der Waals surface area contributed by atoms with Gasteiger partial charge in [-0.25, -0.2) is 9.59 Å². The fraction of sp³-hybridized carbons (Fsp3) is 0.579. The van der Waals surface area contributed by atoms with Crippen molar-refractivity contribution >= 4 is 58.7 Å². The fourth-order valence-corrected chi connectivity index (χ4v) is 3.27. The number of methoxy groups -OCH3 is 1. The Kier molecular flexibility index (Phi) is 9.72. The number of carbonyl (C=O) groups excluding carboxylic acids is 4. The molecule has 1 fully saturated rings. The number of hydrogen-bond acceptors (Lipinski definition) is 12. The van der Waals surface area contributed by atoms with Crippen LogP contribution in [0.15, 0.2) is 17.1 Å². The molecule has 1 aromatic heterocycles. The van der Waals surface area contributed by atoms with E-state index in [-0.39, 0.29) is 5.88 Å². The van der Waals surface area contributed by atoms with E-state index in [9.17, 15) is 24.0 Å². The van der Waals surface area contributed by atoms with Crippen LogP contribution in [0.25, 0.3) is 0 Å².